The monoisotopic (exact) mass is 341 g/mol. The summed E-state index contributed by atoms with van der Waals surface area (Å²) >= 11 is 0. The summed E-state index contributed by atoms with van der Waals surface area (Å²) in [6, 6.07) is 10.5. The first kappa shape index (κ1) is 16.5. The van der Waals surface area contributed by atoms with Crippen molar-refractivity contribution in [3.05, 3.63) is 71.2 Å². The molecule has 3 rings (SSSR count). The second kappa shape index (κ2) is 6.64. The zero-order chi connectivity index (χ0) is 18.0. The summed E-state index contributed by atoms with van der Waals surface area (Å²) in [5, 5.41) is 17.6. The molecule has 2 aromatic carbocycles. The van der Waals surface area contributed by atoms with Crippen molar-refractivity contribution in [1.29, 1.82) is 0 Å². The van der Waals surface area contributed by atoms with Crippen LogP contribution in [0.5, 0.6) is 5.75 Å². The Bertz CT molecular complexity index is 862. The lowest BCUT2D eigenvalue weighted by Gasteiger charge is -2.28. The highest BCUT2D eigenvalue weighted by Crippen LogP contribution is 2.29. The molecule has 4 N–H and O–H groups in total. The molecule has 1 unspecified atom stereocenters. The van der Waals surface area contributed by atoms with Crippen LogP contribution in [0.15, 0.2) is 59.8 Å². The normalized spacial score (nSPS) is 16.9. The fourth-order valence-electron chi connectivity index (χ4n) is 2.68. The maximum absolute atomic E-state index is 13.0. The average Bonchev–Trinajstić information content (AvgIpc) is 2.56. The van der Waals surface area contributed by atoms with Crippen LogP contribution in [0.4, 0.5) is 14.9 Å². The number of phenols is 1. The van der Waals surface area contributed by atoms with E-state index in [1.165, 1.54) is 36.4 Å². The molecule has 0 fully saturated rings. The smallest absolute Gasteiger partial charge is 0.319 e. The summed E-state index contributed by atoms with van der Waals surface area (Å²) in [5.74, 6) is -0.816. The van der Waals surface area contributed by atoms with Crippen molar-refractivity contribution in [2.24, 2.45) is 0 Å². The molecule has 0 aromatic heterocycles. The molecule has 7 heteroatoms. The molecule has 3 amide bonds. The van der Waals surface area contributed by atoms with Crippen LogP contribution in [-0.4, -0.2) is 17.0 Å². The fraction of sp³-hybridized carbons (Fsp3) is 0.111. The van der Waals surface area contributed by atoms with Gasteiger partial charge in [-0.05, 0) is 48.9 Å². The lowest BCUT2D eigenvalue weighted by Crippen LogP contribution is -2.45. The minimum absolute atomic E-state index is 0.0289. The minimum atomic E-state index is -0.721. The number of aromatic hydroxyl groups is 1. The van der Waals surface area contributed by atoms with Crippen LogP contribution in [0.3, 0.4) is 0 Å². The number of carbonyl (C=O) groups is 2. The number of carbonyl (C=O) groups excluding carboxylic acids is 2. The summed E-state index contributed by atoms with van der Waals surface area (Å²) < 4.78 is 13.0. The second-order valence-corrected chi connectivity index (χ2v) is 5.63. The van der Waals surface area contributed by atoms with Crippen molar-refractivity contribution < 1.29 is 19.1 Å². The highest BCUT2D eigenvalue weighted by Gasteiger charge is 2.31. The largest absolute Gasteiger partial charge is 0.508 e. The summed E-state index contributed by atoms with van der Waals surface area (Å²) in [4.78, 5) is 24.5. The summed E-state index contributed by atoms with van der Waals surface area (Å²) in [6.07, 6.45) is 0. The van der Waals surface area contributed by atoms with E-state index in [4.69, 9.17) is 0 Å². The molecule has 1 aliphatic rings. The number of anilines is 1. The first-order valence-electron chi connectivity index (χ1n) is 7.58. The Balaban J connectivity index is 1.94. The number of rotatable bonds is 3. The summed E-state index contributed by atoms with van der Waals surface area (Å²) in [5.41, 5.74) is 1.70. The molecule has 1 atom stereocenters. The van der Waals surface area contributed by atoms with Gasteiger partial charge in [-0.2, -0.15) is 0 Å². The van der Waals surface area contributed by atoms with Crippen molar-refractivity contribution in [3.8, 4) is 5.75 Å². The van der Waals surface area contributed by atoms with Crippen LogP contribution in [0, 0.1) is 5.82 Å². The molecular formula is C18H16FN3O3. The van der Waals surface area contributed by atoms with Crippen molar-refractivity contribution in [3.63, 3.8) is 0 Å². The highest BCUT2D eigenvalue weighted by molar-refractivity contribution is 6.06. The van der Waals surface area contributed by atoms with E-state index in [1.807, 2.05) is 0 Å². The minimum Gasteiger partial charge on any atom is -0.508 e. The fourth-order valence-corrected chi connectivity index (χ4v) is 2.68. The predicted molar refractivity (Wildman–Crippen MR) is 90.2 cm³/mol. The lowest BCUT2D eigenvalue weighted by atomic mass is 9.94. The Morgan fingerprint density at radius 1 is 1.20 bits per heavy atom. The first-order valence-corrected chi connectivity index (χ1v) is 7.58. The molecule has 2 aromatic rings. The average molecular weight is 341 g/mol. The van der Waals surface area contributed by atoms with Crippen molar-refractivity contribution in [1.82, 2.24) is 10.6 Å². The standard InChI is InChI=1S/C18H16FN3O3/c1-10-15(17(24)21-13-7-5-12(19)6-8-13)16(22-18(25)20-10)11-3-2-4-14(23)9-11/h2-9,16,23H,1H3,(H,21,24)(H2,20,22,25). The van der Waals surface area contributed by atoms with E-state index >= 15 is 0 Å². The molecular weight excluding hydrogens is 325 g/mol. The van der Waals surface area contributed by atoms with Crippen LogP contribution in [-0.2, 0) is 4.79 Å². The number of phenolic OH excluding ortho intramolecular Hbond substituents is 1. The van der Waals surface area contributed by atoms with Gasteiger partial charge in [0.15, 0.2) is 0 Å². The molecule has 0 saturated heterocycles. The van der Waals surface area contributed by atoms with Crippen LogP contribution in [0.1, 0.15) is 18.5 Å². The van der Waals surface area contributed by atoms with E-state index in [1.54, 1.807) is 19.1 Å². The maximum Gasteiger partial charge on any atom is 0.319 e. The van der Waals surface area contributed by atoms with Gasteiger partial charge in [0.1, 0.15) is 11.6 Å². The third-order valence-electron chi connectivity index (χ3n) is 3.82. The quantitative estimate of drug-likeness (QED) is 0.692. The Morgan fingerprint density at radius 2 is 1.92 bits per heavy atom. The van der Waals surface area contributed by atoms with Gasteiger partial charge in [0.2, 0.25) is 0 Å². The van der Waals surface area contributed by atoms with Crippen molar-refractivity contribution >= 4 is 17.6 Å². The lowest BCUT2D eigenvalue weighted by molar-refractivity contribution is -0.113. The molecule has 0 radical (unpaired) electrons. The third-order valence-corrected chi connectivity index (χ3v) is 3.82. The Hall–Kier alpha value is -3.35. The molecule has 6 nitrogen and oxygen atoms in total. The van der Waals surface area contributed by atoms with E-state index in [0.29, 0.717) is 22.5 Å². The Morgan fingerprint density at radius 3 is 2.60 bits per heavy atom. The Kier molecular flexibility index (Phi) is 4.38. The number of nitrogens with one attached hydrogen (secondary N) is 3. The van der Waals surface area contributed by atoms with Crippen LogP contribution in [0.2, 0.25) is 0 Å². The van der Waals surface area contributed by atoms with Gasteiger partial charge in [-0.3, -0.25) is 4.79 Å². The zero-order valence-corrected chi connectivity index (χ0v) is 13.3. The van der Waals surface area contributed by atoms with Gasteiger partial charge in [-0.1, -0.05) is 12.1 Å². The van der Waals surface area contributed by atoms with Gasteiger partial charge in [-0.25, -0.2) is 9.18 Å². The van der Waals surface area contributed by atoms with Gasteiger partial charge in [0, 0.05) is 11.4 Å². The van der Waals surface area contributed by atoms with E-state index < -0.39 is 23.8 Å². The molecule has 0 bridgehead atoms. The number of urea groups is 1. The van der Waals surface area contributed by atoms with E-state index in [9.17, 15) is 19.1 Å². The second-order valence-electron chi connectivity index (χ2n) is 5.63. The number of allylic oxidation sites excluding steroid dienone is 1. The number of hydrogen-bond donors (Lipinski definition) is 4. The SMILES string of the molecule is CC1=C(C(=O)Nc2ccc(F)cc2)C(c2cccc(O)c2)NC(=O)N1. The number of benzene rings is 2. The van der Waals surface area contributed by atoms with Crippen molar-refractivity contribution in [2.75, 3.05) is 5.32 Å². The van der Waals surface area contributed by atoms with Crippen molar-refractivity contribution in [2.45, 2.75) is 13.0 Å². The van der Waals surface area contributed by atoms with Gasteiger partial charge in [-0.15, -0.1) is 0 Å². The molecule has 0 aliphatic carbocycles. The molecule has 128 valence electrons. The van der Waals surface area contributed by atoms with Crippen LogP contribution in [0.25, 0.3) is 0 Å². The molecule has 1 heterocycles. The molecule has 0 spiro atoms. The Labute approximate surface area is 143 Å². The summed E-state index contributed by atoms with van der Waals surface area (Å²) in [7, 11) is 0. The number of halogens is 1. The molecule has 25 heavy (non-hydrogen) atoms. The number of hydrogen-bond acceptors (Lipinski definition) is 3. The predicted octanol–water partition coefficient (Wildman–Crippen LogP) is 2.80. The molecule has 1 aliphatic heterocycles. The molecule has 0 saturated carbocycles. The van der Waals surface area contributed by atoms with Crippen LogP contribution >= 0.6 is 0 Å². The highest BCUT2D eigenvalue weighted by atomic mass is 19.1. The maximum atomic E-state index is 13.0. The van der Waals surface area contributed by atoms with Gasteiger partial charge in [0.25, 0.3) is 5.91 Å². The zero-order valence-electron chi connectivity index (χ0n) is 13.3. The first-order chi connectivity index (χ1) is 11.9. The van der Waals surface area contributed by atoms with E-state index in [2.05, 4.69) is 16.0 Å². The van der Waals surface area contributed by atoms with Crippen LogP contribution < -0.4 is 16.0 Å². The van der Waals surface area contributed by atoms with Gasteiger partial charge >= 0.3 is 6.03 Å². The summed E-state index contributed by atoms with van der Waals surface area (Å²) in [6.45, 7) is 1.62. The third kappa shape index (κ3) is 3.60. The van der Waals surface area contributed by atoms with Gasteiger partial charge in [0.05, 0.1) is 11.6 Å². The number of amides is 3. The topological polar surface area (TPSA) is 90.5 Å². The van der Waals surface area contributed by atoms with E-state index in [-0.39, 0.29) is 5.75 Å². The van der Waals surface area contributed by atoms with Gasteiger partial charge < -0.3 is 21.1 Å². The van der Waals surface area contributed by atoms with E-state index in [0.717, 1.165) is 0 Å².